The molecule has 1 aromatic carbocycles. The number of alkyl halides is 1. The monoisotopic (exact) mass is 326 g/mol. The second-order valence-electron chi connectivity index (χ2n) is 6.01. The van der Waals surface area contributed by atoms with Gasteiger partial charge in [0, 0.05) is 10.2 Å². The highest BCUT2D eigenvalue weighted by Gasteiger charge is 2.55. The Labute approximate surface area is 122 Å². The molecule has 0 radical (unpaired) electrons. The Bertz CT molecular complexity index is 468. The fraction of sp³-hybridized carbons (Fsp3) is 0.625. The lowest BCUT2D eigenvalue weighted by Gasteiger charge is -2.55. The van der Waals surface area contributed by atoms with Crippen molar-refractivity contribution in [2.45, 2.75) is 56.4 Å². The highest BCUT2D eigenvalue weighted by molar-refractivity contribution is 9.09. The number of halogens is 2. The lowest BCUT2D eigenvalue weighted by Crippen LogP contribution is -2.57. The average Bonchev–Trinajstić information content (AvgIpc) is 2.42. The molecule has 0 saturated heterocycles. The van der Waals surface area contributed by atoms with Crippen molar-refractivity contribution in [3.8, 4) is 5.75 Å². The van der Waals surface area contributed by atoms with Crippen LogP contribution >= 0.6 is 15.9 Å². The van der Waals surface area contributed by atoms with Gasteiger partial charge >= 0.3 is 0 Å². The summed E-state index contributed by atoms with van der Waals surface area (Å²) >= 11 is 3.82. The molecule has 2 saturated carbocycles. The lowest BCUT2D eigenvalue weighted by molar-refractivity contribution is -0.0604. The molecule has 1 aromatic rings. The summed E-state index contributed by atoms with van der Waals surface area (Å²) in [5.74, 6) is 0.653. The number of hydrogen-bond donors (Lipinski definition) is 0. The highest BCUT2D eigenvalue weighted by atomic mass is 79.9. The van der Waals surface area contributed by atoms with Gasteiger partial charge in [-0.15, -0.1) is 0 Å². The van der Waals surface area contributed by atoms with Gasteiger partial charge in [-0.05, 0) is 49.9 Å². The molecule has 0 N–H and O–H groups in total. The Balaban J connectivity index is 1.76. The van der Waals surface area contributed by atoms with Crippen molar-refractivity contribution in [2.75, 3.05) is 0 Å². The predicted octanol–water partition coefficient (Wildman–Crippen LogP) is 5.00. The number of ether oxygens (including phenoxy) is 1. The Morgan fingerprint density at radius 1 is 1.26 bits per heavy atom. The van der Waals surface area contributed by atoms with Crippen LogP contribution in [-0.2, 0) is 0 Å². The SMILES string of the molecule is Cc1cc(F)ccc1OC1CC(Br)C12CCCCC2. The second kappa shape index (κ2) is 5.08. The van der Waals surface area contributed by atoms with Crippen LogP contribution in [0.1, 0.15) is 44.1 Å². The zero-order valence-corrected chi connectivity index (χ0v) is 12.9. The first-order valence-electron chi connectivity index (χ1n) is 7.19. The summed E-state index contributed by atoms with van der Waals surface area (Å²) in [5, 5.41) is 0. The van der Waals surface area contributed by atoms with Crippen LogP contribution in [0.4, 0.5) is 4.39 Å². The maximum atomic E-state index is 13.1. The fourth-order valence-corrected chi connectivity index (χ4v) is 4.70. The first-order valence-corrected chi connectivity index (χ1v) is 8.10. The summed E-state index contributed by atoms with van der Waals surface area (Å²) in [7, 11) is 0. The third-order valence-electron chi connectivity index (χ3n) is 4.88. The van der Waals surface area contributed by atoms with Gasteiger partial charge in [-0.2, -0.15) is 0 Å². The number of rotatable bonds is 2. The van der Waals surface area contributed by atoms with Crippen LogP contribution in [-0.4, -0.2) is 10.9 Å². The van der Waals surface area contributed by atoms with Gasteiger partial charge < -0.3 is 4.74 Å². The van der Waals surface area contributed by atoms with E-state index in [2.05, 4.69) is 15.9 Å². The van der Waals surface area contributed by atoms with E-state index in [1.807, 2.05) is 6.92 Å². The minimum atomic E-state index is -0.191. The molecule has 0 amide bonds. The molecule has 2 aliphatic carbocycles. The first kappa shape index (κ1) is 13.4. The molecule has 0 bridgehead atoms. The largest absolute Gasteiger partial charge is 0.489 e. The molecule has 3 rings (SSSR count). The van der Waals surface area contributed by atoms with Crippen LogP contribution in [0.2, 0.25) is 0 Å². The molecule has 2 aliphatic rings. The smallest absolute Gasteiger partial charge is 0.123 e. The molecule has 2 unspecified atom stereocenters. The van der Waals surface area contributed by atoms with Gasteiger partial charge in [-0.1, -0.05) is 35.2 Å². The summed E-state index contributed by atoms with van der Waals surface area (Å²) in [5.41, 5.74) is 1.21. The van der Waals surface area contributed by atoms with Crippen molar-refractivity contribution in [3.63, 3.8) is 0 Å². The van der Waals surface area contributed by atoms with E-state index in [1.165, 1.54) is 38.2 Å². The van der Waals surface area contributed by atoms with Crippen molar-refractivity contribution >= 4 is 15.9 Å². The number of hydrogen-bond acceptors (Lipinski definition) is 1. The highest BCUT2D eigenvalue weighted by Crippen LogP contribution is 2.56. The topological polar surface area (TPSA) is 9.23 Å². The molecule has 2 atom stereocenters. The van der Waals surface area contributed by atoms with E-state index < -0.39 is 0 Å². The second-order valence-corrected chi connectivity index (χ2v) is 7.12. The van der Waals surface area contributed by atoms with Crippen LogP contribution < -0.4 is 4.74 Å². The summed E-state index contributed by atoms with van der Waals surface area (Å²) in [6, 6.07) is 4.80. The number of benzene rings is 1. The molecule has 1 nitrogen and oxygen atoms in total. The molecule has 0 aromatic heterocycles. The van der Waals surface area contributed by atoms with E-state index in [0.29, 0.717) is 16.3 Å². The Morgan fingerprint density at radius 2 is 2.00 bits per heavy atom. The average molecular weight is 327 g/mol. The molecule has 0 heterocycles. The first-order chi connectivity index (χ1) is 9.12. The zero-order valence-electron chi connectivity index (χ0n) is 11.3. The maximum Gasteiger partial charge on any atom is 0.123 e. The van der Waals surface area contributed by atoms with Gasteiger partial charge in [0.2, 0.25) is 0 Å². The third-order valence-corrected chi connectivity index (χ3v) is 6.16. The van der Waals surface area contributed by atoms with Gasteiger partial charge in [-0.25, -0.2) is 4.39 Å². The van der Waals surface area contributed by atoms with Crippen LogP contribution in [0.5, 0.6) is 5.75 Å². The fourth-order valence-electron chi connectivity index (χ4n) is 3.61. The quantitative estimate of drug-likeness (QED) is 0.695. The standard InChI is InChI=1S/C16H20BrFO/c1-11-9-12(18)5-6-13(11)19-15-10-14(17)16(15)7-3-2-4-8-16/h5-6,9,14-15H,2-4,7-8,10H2,1H3. The molecule has 1 spiro atoms. The minimum absolute atomic E-state index is 0.191. The normalized spacial score (nSPS) is 29.0. The summed E-state index contributed by atoms with van der Waals surface area (Å²) in [4.78, 5) is 0.589. The lowest BCUT2D eigenvalue weighted by atomic mass is 9.58. The Hall–Kier alpha value is -0.570. The van der Waals surface area contributed by atoms with Crippen molar-refractivity contribution in [1.82, 2.24) is 0 Å². The van der Waals surface area contributed by atoms with Crippen LogP contribution in [0, 0.1) is 18.2 Å². The van der Waals surface area contributed by atoms with Gasteiger partial charge in [0.05, 0.1) is 0 Å². The Kier molecular flexibility index (Phi) is 3.59. The molecule has 3 heteroatoms. The van der Waals surface area contributed by atoms with Crippen molar-refractivity contribution in [1.29, 1.82) is 0 Å². The minimum Gasteiger partial charge on any atom is -0.489 e. The molecular weight excluding hydrogens is 307 g/mol. The van der Waals surface area contributed by atoms with Crippen molar-refractivity contribution in [2.24, 2.45) is 5.41 Å². The molecule has 2 fully saturated rings. The van der Waals surface area contributed by atoms with Crippen molar-refractivity contribution < 1.29 is 9.13 Å². The molecule has 19 heavy (non-hydrogen) atoms. The van der Waals surface area contributed by atoms with Crippen LogP contribution in [0.15, 0.2) is 18.2 Å². The van der Waals surface area contributed by atoms with E-state index >= 15 is 0 Å². The third kappa shape index (κ3) is 2.31. The Morgan fingerprint density at radius 3 is 2.63 bits per heavy atom. The summed E-state index contributed by atoms with van der Waals surface area (Å²) in [6.07, 6.45) is 7.85. The van der Waals surface area contributed by atoms with E-state index in [9.17, 15) is 4.39 Å². The molecule has 0 aliphatic heterocycles. The van der Waals surface area contributed by atoms with Gasteiger partial charge in [0.25, 0.3) is 0 Å². The van der Waals surface area contributed by atoms with Crippen molar-refractivity contribution in [3.05, 3.63) is 29.6 Å². The van der Waals surface area contributed by atoms with E-state index in [0.717, 1.165) is 17.7 Å². The van der Waals surface area contributed by atoms with Crippen LogP contribution in [0.3, 0.4) is 0 Å². The van der Waals surface area contributed by atoms with Crippen LogP contribution in [0.25, 0.3) is 0 Å². The van der Waals surface area contributed by atoms with Gasteiger partial charge in [0.1, 0.15) is 17.7 Å². The maximum absolute atomic E-state index is 13.1. The van der Waals surface area contributed by atoms with Gasteiger partial charge in [0.15, 0.2) is 0 Å². The molecular formula is C16H20BrFO. The summed E-state index contributed by atoms with van der Waals surface area (Å²) in [6.45, 7) is 1.91. The van der Waals surface area contributed by atoms with E-state index in [-0.39, 0.29) is 5.82 Å². The van der Waals surface area contributed by atoms with Gasteiger partial charge in [-0.3, -0.25) is 0 Å². The van der Waals surface area contributed by atoms with E-state index in [4.69, 9.17) is 4.74 Å². The summed E-state index contributed by atoms with van der Waals surface area (Å²) < 4.78 is 19.3. The molecule has 104 valence electrons. The zero-order chi connectivity index (χ0) is 13.5. The van der Waals surface area contributed by atoms with E-state index in [1.54, 1.807) is 12.1 Å². The predicted molar refractivity (Wildman–Crippen MR) is 78.4 cm³/mol. The number of aryl methyl sites for hydroxylation is 1.